The predicted octanol–water partition coefficient (Wildman–Crippen LogP) is 3.15. The molecule has 2 aromatic heterocycles. The Labute approximate surface area is 164 Å². The standard InChI is InChI=1S/C22H24N4O2/c1-16-4-6-17(7-5-16)20-15-25-21(28-20)8-9-22(27)26-12-11-24-14-19(26)18-3-2-10-23-13-18/h2-7,10,13,15,19,24H,8-9,11-12,14H2,1H3. The van der Waals surface area contributed by atoms with E-state index in [2.05, 4.69) is 22.2 Å². The fourth-order valence-electron chi connectivity index (χ4n) is 3.51. The van der Waals surface area contributed by atoms with Crippen LogP contribution in [0.1, 0.15) is 29.5 Å². The van der Waals surface area contributed by atoms with Gasteiger partial charge in [0.15, 0.2) is 11.7 Å². The number of aryl methyl sites for hydroxylation is 2. The lowest BCUT2D eigenvalue weighted by Gasteiger charge is -2.36. The topological polar surface area (TPSA) is 71.3 Å². The number of nitrogens with zero attached hydrogens (tertiary/aromatic N) is 3. The Morgan fingerprint density at radius 2 is 2.11 bits per heavy atom. The number of amides is 1. The van der Waals surface area contributed by atoms with Gasteiger partial charge in [-0.3, -0.25) is 9.78 Å². The summed E-state index contributed by atoms with van der Waals surface area (Å²) in [6, 6.07) is 12.1. The number of hydrogen-bond acceptors (Lipinski definition) is 5. The molecule has 1 aliphatic rings. The summed E-state index contributed by atoms with van der Waals surface area (Å²) in [5.41, 5.74) is 3.25. The third-order valence-corrected chi connectivity index (χ3v) is 5.08. The second kappa shape index (κ2) is 8.35. The van der Waals surface area contributed by atoms with E-state index >= 15 is 0 Å². The van der Waals surface area contributed by atoms with Crippen molar-refractivity contribution in [1.29, 1.82) is 0 Å². The summed E-state index contributed by atoms with van der Waals surface area (Å²) in [6.45, 7) is 4.29. The molecule has 6 heteroatoms. The van der Waals surface area contributed by atoms with Gasteiger partial charge < -0.3 is 14.6 Å². The van der Waals surface area contributed by atoms with Crippen molar-refractivity contribution < 1.29 is 9.21 Å². The van der Waals surface area contributed by atoms with Gasteiger partial charge in [0.2, 0.25) is 5.91 Å². The van der Waals surface area contributed by atoms with Crippen LogP contribution >= 0.6 is 0 Å². The molecular weight excluding hydrogens is 352 g/mol. The number of nitrogens with one attached hydrogen (secondary N) is 1. The first-order valence-corrected chi connectivity index (χ1v) is 9.62. The predicted molar refractivity (Wildman–Crippen MR) is 107 cm³/mol. The van der Waals surface area contributed by atoms with Crippen LogP contribution in [0.2, 0.25) is 0 Å². The van der Waals surface area contributed by atoms with Crippen LogP contribution < -0.4 is 5.32 Å². The zero-order valence-corrected chi connectivity index (χ0v) is 16.0. The number of rotatable bonds is 5. The van der Waals surface area contributed by atoms with Crippen LogP contribution in [-0.4, -0.2) is 40.4 Å². The molecule has 6 nitrogen and oxygen atoms in total. The molecule has 144 valence electrons. The number of hydrogen-bond donors (Lipinski definition) is 1. The lowest BCUT2D eigenvalue weighted by Crippen LogP contribution is -2.48. The zero-order valence-electron chi connectivity index (χ0n) is 16.0. The van der Waals surface area contributed by atoms with Gasteiger partial charge >= 0.3 is 0 Å². The fraction of sp³-hybridized carbons (Fsp3) is 0.318. The van der Waals surface area contributed by atoms with Crippen LogP contribution in [-0.2, 0) is 11.2 Å². The maximum atomic E-state index is 12.9. The van der Waals surface area contributed by atoms with E-state index in [1.54, 1.807) is 12.4 Å². The van der Waals surface area contributed by atoms with E-state index in [4.69, 9.17) is 4.42 Å². The van der Waals surface area contributed by atoms with E-state index in [1.165, 1.54) is 5.56 Å². The summed E-state index contributed by atoms with van der Waals surface area (Å²) in [7, 11) is 0. The van der Waals surface area contributed by atoms with Gasteiger partial charge in [0, 0.05) is 50.4 Å². The quantitative estimate of drug-likeness (QED) is 0.741. The molecule has 1 unspecified atom stereocenters. The molecule has 0 aliphatic carbocycles. The molecule has 0 bridgehead atoms. The summed E-state index contributed by atoms with van der Waals surface area (Å²) >= 11 is 0. The van der Waals surface area contributed by atoms with Gasteiger partial charge in [0.25, 0.3) is 0 Å². The summed E-state index contributed by atoms with van der Waals surface area (Å²) in [4.78, 5) is 23.4. The second-order valence-electron chi connectivity index (χ2n) is 7.08. The number of benzene rings is 1. The molecule has 3 heterocycles. The SMILES string of the molecule is Cc1ccc(-c2cnc(CCC(=O)N3CCNCC3c3cccnc3)o2)cc1. The Kier molecular flexibility index (Phi) is 5.48. The van der Waals surface area contributed by atoms with Gasteiger partial charge in [-0.05, 0) is 18.6 Å². The van der Waals surface area contributed by atoms with Crippen LogP contribution in [0.4, 0.5) is 0 Å². The van der Waals surface area contributed by atoms with Crippen LogP contribution in [0, 0.1) is 6.92 Å². The highest BCUT2D eigenvalue weighted by Gasteiger charge is 2.27. The smallest absolute Gasteiger partial charge is 0.223 e. The Bertz CT molecular complexity index is 921. The van der Waals surface area contributed by atoms with Gasteiger partial charge in [-0.25, -0.2) is 4.98 Å². The summed E-state index contributed by atoms with van der Waals surface area (Å²) in [6.07, 6.45) is 6.19. The fourth-order valence-corrected chi connectivity index (χ4v) is 3.51. The van der Waals surface area contributed by atoms with Gasteiger partial charge in [0.1, 0.15) is 0 Å². The lowest BCUT2D eigenvalue weighted by atomic mass is 10.0. The van der Waals surface area contributed by atoms with E-state index < -0.39 is 0 Å². The molecule has 0 spiro atoms. The first kappa shape index (κ1) is 18.4. The zero-order chi connectivity index (χ0) is 19.3. The maximum Gasteiger partial charge on any atom is 0.223 e. The van der Waals surface area contributed by atoms with E-state index in [9.17, 15) is 4.79 Å². The molecule has 28 heavy (non-hydrogen) atoms. The van der Waals surface area contributed by atoms with Crippen molar-refractivity contribution in [3.05, 3.63) is 72.0 Å². The van der Waals surface area contributed by atoms with Crippen molar-refractivity contribution in [3.8, 4) is 11.3 Å². The van der Waals surface area contributed by atoms with Gasteiger partial charge in [-0.1, -0.05) is 35.9 Å². The molecular formula is C22H24N4O2. The molecule has 1 saturated heterocycles. The number of carbonyl (C=O) groups is 1. The minimum atomic E-state index is 0.0163. The third-order valence-electron chi connectivity index (χ3n) is 5.08. The van der Waals surface area contributed by atoms with Gasteiger partial charge in [-0.15, -0.1) is 0 Å². The highest BCUT2D eigenvalue weighted by Crippen LogP contribution is 2.24. The Morgan fingerprint density at radius 3 is 2.89 bits per heavy atom. The number of carbonyl (C=O) groups excluding carboxylic acids is 1. The molecule has 0 radical (unpaired) electrons. The summed E-state index contributed by atoms with van der Waals surface area (Å²) in [5, 5.41) is 3.36. The van der Waals surface area contributed by atoms with Crippen molar-refractivity contribution >= 4 is 5.91 Å². The van der Waals surface area contributed by atoms with E-state index in [0.717, 1.165) is 30.0 Å². The average molecular weight is 376 g/mol. The monoisotopic (exact) mass is 376 g/mol. The molecule has 1 fully saturated rings. The molecule has 1 N–H and O–H groups in total. The van der Waals surface area contributed by atoms with Crippen molar-refractivity contribution in [1.82, 2.24) is 20.2 Å². The van der Waals surface area contributed by atoms with E-state index in [0.29, 0.717) is 25.3 Å². The largest absolute Gasteiger partial charge is 0.441 e. The number of pyridine rings is 1. The number of piperazine rings is 1. The Morgan fingerprint density at radius 1 is 1.25 bits per heavy atom. The minimum Gasteiger partial charge on any atom is -0.441 e. The first-order valence-electron chi connectivity index (χ1n) is 9.62. The van der Waals surface area contributed by atoms with Gasteiger partial charge in [-0.2, -0.15) is 0 Å². The van der Waals surface area contributed by atoms with Crippen LogP contribution in [0.25, 0.3) is 11.3 Å². The van der Waals surface area contributed by atoms with Crippen molar-refractivity contribution in [2.75, 3.05) is 19.6 Å². The molecule has 4 rings (SSSR count). The molecule has 1 aliphatic heterocycles. The van der Waals surface area contributed by atoms with Crippen molar-refractivity contribution in [2.45, 2.75) is 25.8 Å². The van der Waals surface area contributed by atoms with E-state index in [-0.39, 0.29) is 11.9 Å². The number of aromatic nitrogens is 2. The van der Waals surface area contributed by atoms with E-state index in [1.807, 2.05) is 47.5 Å². The lowest BCUT2D eigenvalue weighted by molar-refractivity contribution is -0.134. The minimum absolute atomic E-state index is 0.0163. The molecule has 0 saturated carbocycles. The second-order valence-corrected chi connectivity index (χ2v) is 7.08. The Balaban J connectivity index is 1.40. The maximum absolute atomic E-state index is 12.9. The normalized spacial score (nSPS) is 16.9. The average Bonchev–Trinajstić information content (AvgIpc) is 3.22. The van der Waals surface area contributed by atoms with Crippen LogP contribution in [0.3, 0.4) is 0 Å². The Hall–Kier alpha value is -2.99. The van der Waals surface area contributed by atoms with Gasteiger partial charge in [0.05, 0.1) is 12.2 Å². The molecule has 1 atom stereocenters. The highest BCUT2D eigenvalue weighted by atomic mass is 16.4. The molecule has 1 aromatic carbocycles. The van der Waals surface area contributed by atoms with Crippen LogP contribution in [0.15, 0.2) is 59.4 Å². The third kappa shape index (κ3) is 4.12. The molecule has 1 amide bonds. The molecule has 3 aromatic rings. The number of oxazole rings is 1. The summed E-state index contributed by atoms with van der Waals surface area (Å²) < 4.78 is 5.85. The summed E-state index contributed by atoms with van der Waals surface area (Å²) in [5.74, 6) is 1.44. The van der Waals surface area contributed by atoms with Crippen molar-refractivity contribution in [3.63, 3.8) is 0 Å². The van der Waals surface area contributed by atoms with Crippen molar-refractivity contribution in [2.24, 2.45) is 0 Å². The van der Waals surface area contributed by atoms with Crippen LogP contribution in [0.5, 0.6) is 0 Å². The highest BCUT2D eigenvalue weighted by molar-refractivity contribution is 5.77. The first-order chi connectivity index (χ1) is 13.7.